The molecule has 0 saturated carbocycles. The molecule has 0 bridgehead atoms. The van der Waals surface area contributed by atoms with Crippen molar-refractivity contribution >= 4 is 32.4 Å². The van der Waals surface area contributed by atoms with Gasteiger partial charge in [0.2, 0.25) is 15.9 Å². The highest BCUT2D eigenvalue weighted by atomic mass is 32.2. The number of imidazole rings is 1. The van der Waals surface area contributed by atoms with Crippen molar-refractivity contribution in [3.63, 3.8) is 0 Å². The molecule has 1 atom stereocenters. The molecule has 1 saturated heterocycles. The number of aliphatic hydroxyl groups is 1. The summed E-state index contributed by atoms with van der Waals surface area (Å²) in [4.78, 5) is 30.9. The van der Waals surface area contributed by atoms with Crippen molar-refractivity contribution in [1.82, 2.24) is 24.6 Å². The van der Waals surface area contributed by atoms with Crippen molar-refractivity contribution < 1.29 is 23.4 Å². The standard InChI is InChI=1S/C25H29N5O7S2/c31-17(14-37-20-3-1-2-19-22(20)28-24(33)27-19)13-26-16-8-10-30(11-9-16)39(35,36)18-6-4-15(5-7-18)12-21-23(32)29-25(34)38-21/h1-7,16-17,26,31-32H,8-14H2,(H,29,34)(H2,27,28,33). The molecule has 1 fully saturated rings. The van der Waals surface area contributed by atoms with E-state index in [1.807, 2.05) is 0 Å². The summed E-state index contributed by atoms with van der Waals surface area (Å²) in [5.74, 6) is 0.307. The Bertz CT molecular complexity index is 1650. The van der Waals surface area contributed by atoms with E-state index in [1.54, 1.807) is 42.5 Å². The van der Waals surface area contributed by atoms with Crippen LogP contribution in [-0.4, -0.2) is 76.3 Å². The zero-order valence-electron chi connectivity index (χ0n) is 20.8. The van der Waals surface area contributed by atoms with Gasteiger partial charge >= 0.3 is 10.6 Å². The molecule has 3 heterocycles. The fourth-order valence-corrected chi connectivity index (χ4v) is 6.81. The largest absolute Gasteiger partial charge is 0.494 e. The third-order valence-electron chi connectivity index (χ3n) is 6.67. The Morgan fingerprint density at radius 1 is 1.08 bits per heavy atom. The number of ether oxygens (including phenoxy) is 1. The summed E-state index contributed by atoms with van der Waals surface area (Å²) in [6.07, 6.45) is 0.728. The van der Waals surface area contributed by atoms with Crippen LogP contribution in [-0.2, 0) is 16.4 Å². The zero-order valence-corrected chi connectivity index (χ0v) is 22.5. The molecule has 5 rings (SSSR count). The quantitative estimate of drug-likeness (QED) is 0.162. The maximum Gasteiger partial charge on any atom is 0.323 e. The van der Waals surface area contributed by atoms with Gasteiger partial charge in [-0.3, -0.25) is 9.78 Å². The Hall–Kier alpha value is -3.43. The second-order valence-electron chi connectivity index (χ2n) is 9.42. The number of rotatable bonds is 10. The summed E-state index contributed by atoms with van der Waals surface area (Å²) in [5, 5.41) is 23.4. The maximum absolute atomic E-state index is 13.1. The molecule has 6 N–H and O–H groups in total. The maximum atomic E-state index is 13.1. The topological polar surface area (TPSA) is 181 Å². The summed E-state index contributed by atoms with van der Waals surface area (Å²) < 4.78 is 33.4. The second-order valence-corrected chi connectivity index (χ2v) is 12.4. The van der Waals surface area contributed by atoms with Gasteiger partial charge in [0.05, 0.1) is 15.3 Å². The number of benzene rings is 2. The van der Waals surface area contributed by atoms with Crippen LogP contribution in [0.15, 0.2) is 56.9 Å². The number of nitrogens with zero attached hydrogens (tertiary/aromatic N) is 1. The molecule has 0 amide bonds. The Morgan fingerprint density at radius 2 is 1.82 bits per heavy atom. The number of fused-ring (bicyclic) bond motifs is 1. The lowest BCUT2D eigenvalue weighted by molar-refractivity contribution is 0.101. The number of piperidine rings is 1. The van der Waals surface area contributed by atoms with Crippen molar-refractivity contribution in [2.24, 2.45) is 0 Å². The predicted molar refractivity (Wildman–Crippen MR) is 146 cm³/mol. The normalized spacial score (nSPS) is 16.0. The van der Waals surface area contributed by atoms with Crippen molar-refractivity contribution in [2.45, 2.75) is 36.3 Å². The number of nitrogens with one attached hydrogen (secondary N) is 4. The first-order chi connectivity index (χ1) is 18.7. The first kappa shape index (κ1) is 27.1. The number of thiazole rings is 1. The minimum atomic E-state index is -3.66. The Balaban J connectivity index is 1.09. The van der Waals surface area contributed by atoms with Crippen LogP contribution in [0, 0.1) is 0 Å². The third kappa shape index (κ3) is 6.25. The molecule has 1 aliphatic rings. The van der Waals surface area contributed by atoms with Crippen LogP contribution < -0.4 is 20.6 Å². The zero-order chi connectivity index (χ0) is 27.6. The smallest absolute Gasteiger partial charge is 0.323 e. The number of hydrogen-bond acceptors (Lipinski definition) is 9. The van der Waals surface area contributed by atoms with Crippen LogP contribution >= 0.6 is 11.3 Å². The van der Waals surface area contributed by atoms with Crippen molar-refractivity contribution in [2.75, 3.05) is 26.2 Å². The number of aromatic hydroxyl groups is 1. The van der Waals surface area contributed by atoms with Gasteiger partial charge in [0.15, 0.2) is 0 Å². The highest BCUT2D eigenvalue weighted by Gasteiger charge is 2.29. The van der Waals surface area contributed by atoms with Crippen LogP contribution in [0.4, 0.5) is 0 Å². The van der Waals surface area contributed by atoms with E-state index in [1.165, 1.54) is 4.31 Å². The van der Waals surface area contributed by atoms with E-state index in [-0.39, 0.29) is 40.5 Å². The summed E-state index contributed by atoms with van der Waals surface area (Å²) in [6, 6.07) is 11.7. The lowest BCUT2D eigenvalue weighted by atomic mass is 10.1. The van der Waals surface area contributed by atoms with Crippen LogP contribution in [0.2, 0.25) is 0 Å². The average molecular weight is 576 g/mol. The van der Waals surface area contributed by atoms with Crippen LogP contribution in [0.5, 0.6) is 11.6 Å². The Kier molecular flexibility index (Phi) is 7.91. The fourth-order valence-electron chi connectivity index (χ4n) is 4.59. The van der Waals surface area contributed by atoms with Crippen molar-refractivity contribution in [3.05, 3.63) is 73.1 Å². The van der Waals surface area contributed by atoms with Gasteiger partial charge in [0.25, 0.3) is 0 Å². The molecular formula is C25H29N5O7S2. The van der Waals surface area contributed by atoms with Gasteiger partial charge in [-0.15, -0.1) is 0 Å². The number of hydrogen-bond donors (Lipinski definition) is 6. The van der Waals surface area contributed by atoms with E-state index in [0.717, 1.165) is 16.9 Å². The van der Waals surface area contributed by atoms with Gasteiger partial charge in [0, 0.05) is 32.1 Å². The van der Waals surface area contributed by atoms with Gasteiger partial charge < -0.3 is 30.2 Å². The van der Waals surface area contributed by atoms with E-state index < -0.39 is 16.1 Å². The van der Waals surface area contributed by atoms with E-state index in [9.17, 15) is 28.2 Å². The fraction of sp³-hybridized carbons (Fsp3) is 0.360. The number of sulfonamides is 1. The van der Waals surface area contributed by atoms with Gasteiger partial charge in [-0.1, -0.05) is 29.5 Å². The minimum Gasteiger partial charge on any atom is -0.494 e. The molecule has 4 aromatic rings. The van der Waals surface area contributed by atoms with E-state index in [4.69, 9.17) is 4.74 Å². The summed E-state index contributed by atoms with van der Waals surface area (Å²) in [7, 11) is -3.66. The lowest BCUT2D eigenvalue weighted by Gasteiger charge is -2.32. The molecule has 0 spiro atoms. The second kappa shape index (κ2) is 11.4. The van der Waals surface area contributed by atoms with E-state index >= 15 is 0 Å². The van der Waals surface area contributed by atoms with Crippen LogP contribution in [0.1, 0.15) is 23.3 Å². The highest BCUT2D eigenvalue weighted by Crippen LogP contribution is 2.24. The number of para-hydroxylation sites is 1. The van der Waals surface area contributed by atoms with Crippen LogP contribution in [0.25, 0.3) is 11.0 Å². The molecule has 2 aromatic carbocycles. The molecule has 39 heavy (non-hydrogen) atoms. The van der Waals surface area contributed by atoms with Crippen molar-refractivity contribution in [1.29, 1.82) is 0 Å². The third-order valence-corrected chi connectivity index (χ3v) is 9.45. The SMILES string of the molecule is O=c1[nH]c2cccc(OCC(O)CNC3CCN(S(=O)(=O)c4ccc(Cc5sc(=O)[nH]c5O)cc4)CC3)c2[nH]1. The monoisotopic (exact) mass is 575 g/mol. The Labute approximate surface area is 227 Å². The van der Waals surface area contributed by atoms with Gasteiger partial charge in [0.1, 0.15) is 24.0 Å². The van der Waals surface area contributed by atoms with Gasteiger partial charge in [-0.2, -0.15) is 4.31 Å². The van der Waals surface area contributed by atoms with Gasteiger partial charge in [-0.25, -0.2) is 13.2 Å². The highest BCUT2D eigenvalue weighted by molar-refractivity contribution is 7.89. The van der Waals surface area contributed by atoms with E-state index in [2.05, 4.69) is 20.3 Å². The lowest BCUT2D eigenvalue weighted by Crippen LogP contribution is -2.47. The number of aliphatic hydroxyl groups excluding tert-OH is 1. The predicted octanol–water partition coefficient (Wildman–Crippen LogP) is 1.08. The summed E-state index contributed by atoms with van der Waals surface area (Å²) in [6.45, 7) is 1.01. The van der Waals surface area contributed by atoms with Crippen LogP contribution in [0.3, 0.4) is 0 Å². The van der Waals surface area contributed by atoms with Gasteiger partial charge in [-0.05, 0) is 42.7 Å². The summed E-state index contributed by atoms with van der Waals surface area (Å²) in [5.41, 5.74) is 1.62. The number of aromatic nitrogens is 3. The molecule has 0 radical (unpaired) electrons. The molecule has 12 nitrogen and oxygen atoms in total. The summed E-state index contributed by atoms with van der Waals surface area (Å²) >= 11 is 0.921. The molecular weight excluding hydrogens is 546 g/mol. The number of aromatic amines is 3. The first-order valence-electron chi connectivity index (χ1n) is 12.4. The minimum absolute atomic E-state index is 0.0327. The first-order valence-corrected chi connectivity index (χ1v) is 14.7. The molecule has 1 aliphatic heterocycles. The number of H-pyrrole nitrogens is 3. The average Bonchev–Trinajstić information content (AvgIpc) is 3.46. The molecule has 1 unspecified atom stereocenters. The molecule has 208 valence electrons. The van der Waals surface area contributed by atoms with Crippen molar-refractivity contribution in [3.8, 4) is 11.6 Å². The van der Waals surface area contributed by atoms with E-state index in [0.29, 0.717) is 54.0 Å². The Morgan fingerprint density at radius 3 is 2.51 bits per heavy atom. The molecule has 14 heteroatoms. The molecule has 0 aliphatic carbocycles. The molecule has 2 aromatic heterocycles.